The van der Waals surface area contributed by atoms with E-state index in [-0.39, 0.29) is 0 Å². The fourth-order valence-corrected chi connectivity index (χ4v) is 8.70. The molecule has 0 saturated carbocycles. The van der Waals surface area contributed by atoms with Crippen molar-refractivity contribution in [3.8, 4) is 74.0 Å². The summed E-state index contributed by atoms with van der Waals surface area (Å²) < 4.78 is 9.01. The number of benzene rings is 7. The molecule has 4 aromatic heterocycles. The van der Waals surface area contributed by atoms with E-state index in [4.69, 9.17) is 34.3 Å². The molecule has 11 aromatic rings. The monoisotopic (exact) mass is 797 g/mol. The van der Waals surface area contributed by atoms with E-state index < -0.39 is 0 Å². The molecule has 0 atom stereocenters. The third-order valence-corrected chi connectivity index (χ3v) is 11.6. The fourth-order valence-electron chi connectivity index (χ4n) is 8.70. The predicted octanol–water partition coefficient (Wildman–Crippen LogP) is 12.9. The molecular weight excluding hydrogens is 763 g/mol. The van der Waals surface area contributed by atoms with E-state index in [1.54, 1.807) is 0 Å². The molecule has 0 aliphatic heterocycles. The molecule has 0 fully saturated rings. The lowest BCUT2D eigenvalue weighted by atomic mass is 10.0. The van der Waals surface area contributed by atoms with Gasteiger partial charge in [-0.05, 0) is 53.8 Å². The summed E-state index contributed by atoms with van der Waals surface area (Å²) in [5, 5.41) is 3.01. The molecule has 8 nitrogen and oxygen atoms in total. The Hall–Kier alpha value is -8.36. The van der Waals surface area contributed by atoms with Crippen LogP contribution in [0.2, 0.25) is 0 Å². The lowest BCUT2D eigenvalue weighted by Gasteiger charge is -2.13. The Bertz CT molecular complexity index is 3500. The Labute approximate surface area is 356 Å². The highest BCUT2D eigenvalue weighted by Crippen LogP contribution is 2.41. The van der Waals surface area contributed by atoms with Crippen LogP contribution in [0.15, 0.2) is 186 Å². The first-order valence-electron chi connectivity index (χ1n) is 20.8. The molecule has 0 bridgehead atoms. The molecule has 0 unspecified atom stereocenters. The minimum absolute atomic E-state index is 0.513. The highest BCUT2D eigenvalue weighted by Gasteiger charge is 2.24. The predicted molar refractivity (Wildman–Crippen MR) is 247 cm³/mol. The standard InChI is InChI=1S/C54H35N7O/c1-4-16-34(17-5-1)35-30-32-38(33-31-35)50-55-49(36-18-6-2-7-19-36)56-52(57-50)42-25-15-29-46-47(42)41-24-14-26-43(48(41)62-46)53-58-51(37-20-8-3-9-21-37)59-54(60-53)61-44-27-12-10-22-39(44)40-23-11-13-28-45(40)61/h1-10,12-22,24-33H,11,23H2. The maximum Gasteiger partial charge on any atom is 0.238 e. The van der Waals surface area contributed by atoms with Crippen molar-refractivity contribution in [3.63, 3.8) is 0 Å². The minimum atomic E-state index is 0.513. The van der Waals surface area contributed by atoms with Crippen molar-refractivity contribution < 1.29 is 4.42 Å². The first-order chi connectivity index (χ1) is 30.7. The van der Waals surface area contributed by atoms with Crippen molar-refractivity contribution in [1.82, 2.24) is 34.5 Å². The zero-order valence-electron chi connectivity index (χ0n) is 33.4. The summed E-state index contributed by atoms with van der Waals surface area (Å²) in [6.07, 6.45) is 6.38. The van der Waals surface area contributed by atoms with Gasteiger partial charge < -0.3 is 4.42 Å². The number of furan rings is 1. The maximum atomic E-state index is 6.83. The Morgan fingerprint density at radius 3 is 1.66 bits per heavy atom. The van der Waals surface area contributed by atoms with Gasteiger partial charge in [-0.1, -0.05) is 164 Å². The number of aryl methyl sites for hydroxylation is 1. The molecule has 4 heterocycles. The van der Waals surface area contributed by atoms with Crippen LogP contribution in [0.3, 0.4) is 0 Å². The lowest BCUT2D eigenvalue weighted by Crippen LogP contribution is -2.08. The number of fused-ring (bicyclic) bond motifs is 6. The van der Waals surface area contributed by atoms with Gasteiger partial charge in [-0.3, -0.25) is 4.57 Å². The normalized spacial score (nSPS) is 12.3. The van der Waals surface area contributed by atoms with E-state index in [2.05, 4.69) is 102 Å². The summed E-state index contributed by atoms with van der Waals surface area (Å²) in [6, 6.07) is 59.5. The van der Waals surface area contributed by atoms with Crippen LogP contribution >= 0.6 is 0 Å². The number of para-hydroxylation sites is 2. The second-order valence-corrected chi connectivity index (χ2v) is 15.4. The van der Waals surface area contributed by atoms with Crippen LogP contribution in [0.5, 0.6) is 0 Å². The van der Waals surface area contributed by atoms with E-state index in [1.807, 2.05) is 91.0 Å². The zero-order chi connectivity index (χ0) is 41.0. The quantitative estimate of drug-likeness (QED) is 0.158. The number of hydrogen-bond acceptors (Lipinski definition) is 7. The molecule has 7 aromatic carbocycles. The molecule has 1 aliphatic rings. The van der Waals surface area contributed by atoms with Gasteiger partial charge in [0.25, 0.3) is 0 Å². The van der Waals surface area contributed by atoms with Crippen LogP contribution in [0.25, 0.3) is 113 Å². The van der Waals surface area contributed by atoms with Gasteiger partial charge in [-0.2, -0.15) is 9.97 Å². The van der Waals surface area contributed by atoms with Gasteiger partial charge in [-0.15, -0.1) is 0 Å². The van der Waals surface area contributed by atoms with Crippen LogP contribution in [0, 0.1) is 0 Å². The topological polar surface area (TPSA) is 95.4 Å². The van der Waals surface area contributed by atoms with Gasteiger partial charge in [0.15, 0.2) is 29.1 Å². The van der Waals surface area contributed by atoms with Crippen molar-refractivity contribution in [2.75, 3.05) is 0 Å². The Morgan fingerprint density at radius 2 is 0.935 bits per heavy atom. The molecule has 292 valence electrons. The maximum absolute atomic E-state index is 6.83. The summed E-state index contributed by atoms with van der Waals surface area (Å²) in [5.74, 6) is 3.36. The zero-order valence-corrected chi connectivity index (χ0v) is 33.4. The van der Waals surface area contributed by atoms with E-state index >= 15 is 0 Å². The molecule has 0 spiro atoms. The smallest absolute Gasteiger partial charge is 0.238 e. The second kappa shape index (κ2) is 14.7. The van der Waals surface area contributed by atoms with Gasteiger partial charge in [0, 0.05) is 38.4 Å². The molecule has 12 rings (SSSR count). The van der Waals surface area contributed by atoms with Crippen molar-refractivity contribution in [3.05, 3.63) is 193 Å². The van der Waals surface area contributed by atoms with Crippen molar-refractivity contribution in [2.24, 2.45) is 0 Å². The molecule has 0 amide bonds. The van der Waals surface area contributed by atoms with Crippen LogP contribution in [-0.2, 0) is 6.42 Å². The molecule has 1 aliphatic carbocycles. The van der Waals surface area contributed by atoms with Crippen LogP contribution in [-0.4, -0.2) is 34.5 Å². The Morgan fingerprint density at radius 1 is 0.419 bits per heavy atom. The second-order valence-electron chi connectivity index (χ2n) is 15.4. The molecule has 0 radical (unpaired) electrons. The Balaban J connectivity index is 1.04. The van der Waals surface area contributed by atoms with Crippen molar-refractivity contribution in [1.29, 1.82) is 0 Å². The third-order valence-electron chi connectivity index (χ3n) is 11.6. The fraction of sp³-hybridized carbons (Fsp3) is 0.0370. The van der Waals surface area contributed by atoms with Crippen LogP contribution < -0.4 is 0 Å². The highest BCUT2D eigenvalue weighted by molar-refractivity contribution is 6.14. The SMILES string of the molecule is C1=Cc2c(c3ccccc3n2-c2nc(-c3ccccc3)nc(-c3cccc4c3oc3cccc(-c5nc(-c6ccccc6)nc(-c6ccc(-c7ccccc7)cc6)n5)c34)n2)CC1. The summed E-state index contributed by atoms with van der Waals surface area (Å²) in [4.78, 5) is 30.9. The van der Waals surface area contributed by atoms with Crippen LogP contribution in [0.4, 0.5) is 0 Å². The van der Waals surface area contributed by atoms with Gasteiger partial charge >= 0.3 is 0 Å². The van der Waals surface area contributed by atoms with Crippen molar-refractivity contribution >= 4 is 38.9 Å². The summed E-state index contributed by atoms with van der Waals surface area (Å²) in [7, 11) is 0. The summed E-state index contributed by atoms with van der Waals surface area (Å²) >= 11 is 0. The first kappa shape index (κ1) is 35.6. The minimum Gasteiger partial charge on any atom is -0.455 e. The van der Waals surface area contributed by atoms with Crippen LogP contribution in [0.1, 0.15) is 17.7 Å². The average Bonchev–Trinajstić information content (AvgIpc) is 3.91. The highest BCUT2D eigenvalue weighted by atomic mass is 16.3. The number of nitrogens with zero attached hydrogens (tertiary/aromatic N) is 7. The number of allylic oxidation sites excluding steroid dienone is 1. The average molecular weight is 798 g/mol. The number of rotatable bonds is 7. The van der Waals surface area contributed by atoms with E-state index in [0.717, 1.165) is 73.8 Å². The lowest BCUT2D eigenvalue weighted by molar-refractivity contribution is 0.669. The van der Waals surface area contributed by atoms with E-state index in [1.165, 1.54) is 10.9 Å². The number of hydrogen-bond donors (Lipinski definition) is 0. The molecular formula is C54H35N7O. The van der Waals surface area contributed by atoms with Gasteiger partial charge in [0.05, 0.1) is 16.8 Å². The summed E-state index contributed by atoms with van der Waals surface area (Å²) in [6.45, 7) is 0. The molecule has 8 heteroatoms. The van der Waals surface area contributed by atoms with Gasteiger partial charge in [0.1, 0.15) is 11.2 Å². The first-order valence-corrected chi connectivity index (χ1v) is 20.8. The van der Waals surface area contributed by atoms with E-state index in [0.29, 0.717) is 46.2 Å². The third kappa shape index (κ3) is 6.08. The van der Waals surface area contributed by atoms with E-state index in [9.17, 15) is 0 Å². The van der Waals surface area contributed by atoms with Gasteiger partial charge in [0.2, 0.25) is 5.95 Å². The largest absolute Gasteiger partial charge is 0.455 e. The number of aromatic nitrogens is 7. The van der Waals surface area contributed by atoms with Gasteiger partial charge in [-0.25, -0.2) is 19.9 Å². The molecule has 62 heavy (non-hydrogen) atoms. The Kier molecular flexibility index (Phi) is 8.45. The van der Waals surface area contributed by atoms with Crippen molar-refractivity contribution in [2.45, 2.75) is 12.8 Å². The molecule has 0 saturated heterocycles. The molecule has 0 N–H and O–H groups in total. The summed E-state index contributed by atoms with van der Waals surface area (Å²) in [5.41, 5.74) is 11.4.